The van der Waals surface area contributed by atoms with Gasteiger partial charge in [0.05, 0.1) is 18.7 Å². The first-order chi connectivity index (χ1) is 10.2. The first kappa shape index (κ1) is 15.2. The first-order valence-corrected chi connectivity index (χ1v) is 6.99. The predicted molar refractivity (Wildman–Crippen MR) is 81.9 cm³/mol. The van der Waals surface area contributed by atoms with E-state index in [4.69, 9.17) is 4.74 Å². The average Bonchev–Trinajstić information content (AvgIpc) is 2.56. The van der Waals surface area contributed by atoms with E-state index in [1.807, 2.05) is 55.5 Å². The Labute approximate surface area is 125 Å². The third-order valence-electron chi connectivity index (χ3n) is 3.45. The van der Waals surface area contributed by atoms with Crippen LogP contribution in [0.3, 0.4) is 0 Å². The number of nitrogens with one attached hydrogen (secondary N) is 1. The van der Waals surface area contributed by atoms with Crippen LogP contribution in [0.15, 0.2) is 54.7 Å². The van der Waals surface area contributed by atoms with Crippen molar-refractivity contribution in [2.75, 3.05) is 13.7 Å². The van der Waals surface area contributed by atoms with Gasteiger partial charge in [-0.25, -0.2) is 0 Å². The lowest BCUT2D eigenvalue weighted by atomic mass is 9.99. The molecule has 0 aliphatic heterocycles. The lowest BCUT2D eigenvalue weighted by Crippen LogP contribution is -2.30. The quantitative estimate of drug-likeness (QED) is 0.829. The van der Waals surface area contributed by atoms with Gasteiger partial charge < -0.3 is 10.1 Å². The van der Waals surface area contributed by atoms with Crippen molar-refractivity contribution in [2.45, 2.75) is 18.9 Å². The summed E-state index contributed by atoms with van der Waals surface area (Å²) in [7, 11) is 1.42. The molecular formula is C17H20N2O2. The molecule has 21 heavy (non-hydrogen) atoms. The molecule has 0 fully saturated rings. The van der Waals surface area contributed by atoms with Gasteiger partial charge >= 0.3 is 5.97 Å². The fraction of sp³-hybridized carbons (Fsp3) is 0.294. The molecule has 4 nitrogen and oxygen atoms in total. The molecule has 4 heteroatoms. The van der Waals surface area contributed by atoms with E-state index in [0.717, 1.165) is 11.3 Å². The number of carbonyl (C=O) groups is 1. The van der Waals surface area contributed by atoms with E-state index in [-0.39, 0.29) is 17.9 Å². The zero-order valence-corrected chi connectivity index (χ0v) is 12.3. The third kappa shape index (κ3) is 4.13. The number of methoxy groups -OCH3 is 1. The summed E-state index contributed by atoms with van der Waals surface area (Å²) in [6.45, 7) is 2.54. The highest BCUT2D eigenvalue weighted by molar-refractivity contribution is 5.78. The van der Waals surface area contributed by atoms with Gasteiger partial charge in [-0.15, -0.1) is 0 Å². The summed E-state index contributed by atoms with van der Waals surface area (Å²) < 4.78 is 4.91. The molecule has 0 bridgehead atoms. The third-order valence-corrected chi connectivity index (χ3v) is 3.45. The molecule has 110 valence electrons. The molecule has 1 aromatic heterocycles. The van der Waals surface area contributed by atoms with Gasteiger partial charge in [0.1, 0.15) is 0 Å². The zero-order chi connectivity index (χ0) is 15.1. The Bertz CT molecular complexity index is 558. The molecule has 0 saturated carbocycles. The minimum absolute atomic E-state index is 0.0714. The highest BCUT2D eigenvalue weighted by atomic mass is 16.5. The largest absolute Gasteiger partial charge is 0.469 e. The van der Waals surface area contributed by atoms with Crippen molar-refractivity contribution < 1.29 is 9.53 Å². The van der Waals surface area contributed by atoms with Crippen LogP contribution in [0.4, 0.5) is 0 Å². The summed E-state index contributed by atoms with van der Waals surface area (Å²) in [5.74, 6) is -0.552. The van der Waals surface area contributed by atoms with Crippen molar-refractivity contribution in [3.63, 3.8) is 0 Å². The molecule has 0 aliphatic carbocycles. The monoisotopic (exact) mass is 284 g/mol. The molecule has 2 rings (SSSR count). The second-order valence-corrected chi connectivity index (χ2v) is 4.87. The summed E-state index contributed by atoms with van der Waals surface area (Å²) in [6, 6.07) is 15.5. The molecule has 1 aromatic carbocycles. The number of aromatic nitrogens is 1. The van der Waals surface area contributed by atoms with E-state index in [0.29, 0.717) is 6.54 Å². The van der Waals surface area contributed by atoms with Gasteiger partial charge in [-0.2, -0.15) is 0 Å². The van der Waals surface area contributed by atoms with E-state index in [9.17, 15) is 4.79 Å². The van der Waals surface area contributed by atoms with Crippen LogP contribution in [-0.2, 0) is 9.53 Å². The molecule has 0 amide bonds. The molecule has 0 radical (unpaired) electrons. The Morgan fingerprint density at radius 2 is 1.90 bits per heavy atom. The molecular weight excluding hydrogens is 264 g/mol. The van der Waals surface area contributed by atoms with E-state index in [2.05, 4.69) is 10.3 Å². The van der Waals surface area contributed by atoms with Crippen molar-refractivity contribution in [3.8, 4) is 0 Å². The number of rotatable bonds is 6. The highest BCUT2D eigenvalue weighted by Crippen LogP contribution is 2.18. The van der Waals surface area contributed by atoms with Crippen molar-refractivity contribution >= 4 is 5.97 Å². The summed E-state index contributed by atoms with van der Waals surface area (Å²) in [6.07, 6.45) is 1.77. The summed E-state index contributed by atoms with van der Waals surface area (Å²) in [5.41, 5.74) is 1.90. The van der Waals surface area contributed by atoms with Gasteiger partial charge in [0, 0.05) is 18.8 Å². The van der Waals surface area contributed by atoms with Crippen molar-refractivity contribution in [2.24, 2.45) is 0 Å². The second-order valence-electron chi connectivity index (χ2n) is 4.87. The number of benzene rings is 1. The second kappa shape index (κ2) is 7.55. The van der Waals surface area contributed by atoms with Crippen LogP contribution in [0.1, 0.15) is 30.1 Å². The van der Waals surface area contributed by atoms with Crippen LogP contribution >= 0.6 is 0 Å². The Balaban J connectivity index is 2.05. The SMILES string of the molecule is COC(=O)C(CN[C@H](C)c1ccccn1)c1ccccc1. The van der Waals surface area contributed by atoms with Crippen LogP contribution in [0.5, 0.6) is 0 Å². The Hall–Kier alpha value is -2.20. The minimum atomic E-state index is -0.317. The maximum atomic E-state index is 12.0. The fourth-order valence-corrected chi connectivity index (χ4v) is 2.20. The van der Waals surface area contributed by atoms with Gasteiger partial charge in [0.25, 0.3) is 0 Å². The number of nitrogens with zero attached hydrogens (tertiary/aromatic N) is 1. The molecule has 2 aromatic rings. The van der Waals surface area contributed by atoms with Crippen molar-refractivity contribution in [1.29, 1.82) is 0 Å². The topological polar surface area (TPSA) is 51.2 Å². The maximum Gasteiger partial charge on any atom is 0.314 e. The number of hydrogen-bond donors (Lipinski definition) is 1. The zero-order valence-electron chi connectivity index (χ0n) is 12.3. The van der Waals surface area contributed by atoms with Crippen molar-refractivity contribution in [3.05, 3.63) is 66.0 Å². The smallest absolute Gasteiger partial charge is 0.314 e. The molecule has 0 saturated heterocycles. The lowest BCUT2D eigenvalue weighted by Gasteiger charge is -2.19. The molecule has 2 atom stereocenters. The lowest BCUT2D eigenvalue weighted by molar-refractivity contribution is -0.142. The van der Waals surface area contributed by atoms with Gasteiger partial charge in [0.15, 0.2) is 0 Å². The minimum Gasteiger partial charge on any atom is -0.469 e. The van der Waals surface area contributed by atoms with Crippen LogP contribution in [0.2, 0.25) is 0 Å². The van der Waals surface area contributed by atoms with Gasteiger partial charge in [0.2, 0.25) is 0 Å². The normalized spacial score (nSPS) is 13.4. The van der Waals surface area contributed by atoms with E-state index >= 15 is 0 Å². The van der Waals surface area contributed by atoms with Crippen molar-refractivity contribution in [1.82, 2.24) is 10.3 Å². The van der Waals surface area contributed by atoms with Crippen LogP contribution in [0.25, 0.3) is 0 Å². The molecule has 0 spiro atoms. The Morgan fingerprint density at radius 3 is 2.52 bits per heavy atom. The number of pyridine rings is 1. The van der Waals surface area contributed by atoms with Crippen LogP contribution < -0.4 is 5.32 Å². The average molecular weight is 284 g/mol. The summed E-state index contributed by atoms with van der Waals surface area (Å²) >= 11 is 0. The molecule has 0 aliphatic rings. The fourth-order valence-electron chi connectivity index (χ4n) is 2.20. The van der Waals surface area contributed by atoms with E-state index < -0.39 is 0 Å². The van der Waals surface area contributed by atoms with E-state index in [1.54, 1.807) is 6.20 Å². The number of ether oxygens (including phenoxy) is 1. The van der Waals surface area contributed by atoms with Crippen LogP contribution in [0, 0.1) is 0 Å². The van der Waals surface area contributed by atoms with Crippen LogP contribution in [-0.4, -0.2) is 24.6 Å². The molecule has 1 heterocycles. The summed E-state index contributed by atoms with van der Waals surface area (Å²) in [4.78, 5) is 16.3. The number of esters is 1. The predicted octanol–water partition coefficient (Wildman–Crippen LogP) is 2.69. The Kier molecular flexibility index (Phi) is 5.46. The maximum absolute atomic E-state index is 12.0. The van der Waals surface area contributed by atoms with E-state index in [1.165, 1.54) is 7.11 Å². The standard InChI is InChI=1S/C17H20N2O2/c1-13(16-10-6-7-11-18-16)19-12-15(17(20)21-2)14-8-4-3-5-9-14/h3-11,13,15,19H,12H2,1-2H3/t13-,15?/m1/s1. The highest BCUT2D eigenvalue weighted by Gasteiger charge is 2.22. The number of carbonyl (C=O) groups excluding carboxylic acids is 1. The van der Waals surface area contributed by atoms with Gasteiger partial charge in [-0.3, -0.25) is 9.78 Å². The Morgan fingerprint density at radius 1 is 1.19 bits per heavy atom. The molecule has 1 N–H and O–H groups in total. The first-order valence-electron chi connectivity index (χ1n) is 6.99. The van der Waals surface area contributed by atoms with Gasteiger partial charge in [-0.05, 0) is 24.6 Å². The molecule has 1 unspecified atom stereocenters. The van der Waals surface area contributed by atoms with Gasteiger partial charge in [-0.1, -0.05) is 36.4 Å². The number of hydrogen-bond acceptors (Lipinski definition) is 4. The summed E-state index contributed by atoms with van der Waals surface area (Å²) in [5, 5.41) is 3.35.